The van der Waals surface area contributed by atoms with Gasteiger partial charge in [0.15, 0.2) is 5.71 Å². The van der Waals surface area contributed by atoms with E-state index in [1.807, 2.05) is 0 Å². The maximum absolute atomic E-state index is 13.7. The number of carbonyl (C=O) groups is 1. The van der Waals surface area contributed by atoms with Crippen molar-refractivity contribution in [3.05, 3.63) is 93.4 Å². The molecule has 6 nitrogen and oxygen atoms in total. The van der Waals surface area contributed by atoms with Crippen LogP contribution in [0.2, 0.25) is 0 Å². The SMILES string of the molecule is CC1(C)C(/C=C2/C(=O)C(/C=C3\N(CCCC#N)c4ccc(C(F)(F)F)cc4C3(C)C)=C2O)=[N+](CCCC#N)c2ccc(C(F)(F)F)cc21. The predicted molar refractivity (Wildman–Crippen MR) is 167 cm³/mol. The molecule has 48 heavy (non-hydrogen) atoms. The first-order chi connectivity index (χ1) is 22.3. The fraction of sp³-hybridized carbons (Fsp3) is 0.389. The average Bonchev–Trinajstić information content (AvgIpc) is 3.35. The molecule has 2 aliphatic heterocycles. The largest absolute Gasteiger partial charge is 0.506 e. The number of halogens is 6. The molecule has 250 valence electrons. The first kappa shape index (κ1) is 34.5. The minimum absolute atomic E-state index is 0.0530. The van der Waals surface area contributed by atoms with Crippen LogP contribution in [0.25, 0.3) is 0 Å². The summed E-state index contributed by atoms with van der Waals surface area (Å²) in [5, 5.41) is 29.4. The van der Waals surface area contributed by atoms with Crippen LogP contribution < -0.4 is 4.90 Å². The third-order valence-corrected chi connectivity index (χ3v) is 9.34. The smallest absolute Gasteiger partial charge is 0.416 e. The summed E-state index contributed by atoms with van der Waals surface area (Å²) in [5.74, 6) is -0.883. The maximum Gasteiger partial charge on any atom is 0.416 e. The van der Waals surface area contributed by atoms with Gasteiger partial charge in [-0.2, -0.15) is 41.4 Å². The highest BCUT2D eigenvalue weighted by Gasteiger charge is 2.49. The Morgan fingerprint density at radius 2 is 1.44 bits per heavy atom. The van der Waals surface area contributed by atoms with Crippen LogP contribution in [-0.2, 0) is 28.0 Å². The van der Waals surface area contributed by atoms with Crippen molar-refractivity contribution in [1.82, 2.24) is 0 Å². The topological polar surface area (TPSA) is 91.1 Å². The molecule has 0 saturated heterocycles. The number of anilines is 1. The van der Waals surface area contributed by atoms with Crippen molar-refractivity contribution in [2.75, 3.05) is 18.0 Å². The van der Waals surface area contributed by atoms with Gasteiger partial charge in [-0.05, 0) is 62.2 Å². The van der Waals surface area contributed by atoms with Crippen molar-refractivity contribution < 1.29 is 40.8 Å². The number of nitriles is 2. The first-order valence-electron chi connectivity index (χ1n) is 15.4. The molecule has 1 N–H and O–H groups in total. The molecule has 0 atom stereocenters. The summed E-state index contributed by atoms with van der Waals surface area (Å²) in [4.78, 5) is 15.4. The predicted octanol–water partition coefficient (Wildman–Crippen LogP) is 8.71. The molecule has 12 heteroatoms. The molecule has 0 fully saturated rings. The van der Waals surface area contributed by atoms with Gasteiger partial charge in [-0.25, -0.2) is 0 Å². The summed E-state index contributed by atoms with van der Waals surface area (Å²) in [6, 6.07) is 11.0. The zero-order chi connectivity index (χ0) is 35.4. The lowest BCUT2D eigenvalue weighted by atomic mass is 9.77. The number of alkyl halides is 6. The summed E-state index contributed by atoms with van der Waals surface area (Å²) in [6.07, 6.45) is -5.01. The van der Waals surface area contributed by atoms with Gasteiger partial charge in [-0.1, -0.05) is 13.8 Å². The van der Waals surface area contributed by atoms with Gasteiger partial charge in [-0.15, -0.1) is 0 Å². The Morgan fingerprint density at radius 3 is 2.02 bits per heavy atom. The molecule has 0 unspecified atom stereocenters. The van der Waals surface area contributed by atoms with Crippen molar-refractivity contribution in [3.8, 4) is 12.1 Å². The lowest BCUT2D eigenvalue weighted by Gasteiger charge is -2.29. The van der Waals surface area contributed by atoms with E-state index in [1.165, 1.54) is 24.3 Å². The number of aliphatic hydroxyl groups excluding tert-OH is 1. The van der Waals surface area contributed by atoms with E-state index in [-0.39, 0.29) is 42.8 Å². The molecule has 0 bridgehead atoms. The molecule has 0 amide bonds. The van der Waals surface area contributed by atoms with Gasteiger partial charge in [-0.3, -0.25) is 4.79 Å². The molecule has 5 rings (SSSR count). The molecule has 2 aromatic rings. The van der Waals surface area contributed by atoms with Crippen LogP contribution >= 0.6 is 0 Å². The van der Waals surface area contributed by atoms with Crippen LogP contribution in [0.4, 0.5) is 37.7 Å². The Hall–Kier alpha value is -4.84. The quantitative estimate of drug-likeness (QED) is 0.132. The number of aliphatic hydroxyl groups is 1. The van der Waals surface area contributed by atoms with Gasteiger partial charge in [0.25, 0.3) is 0 Å². The first-order valence-corrected chi connectivity index (χ1v) is 15.4. The van der Waals surface area contributed by atoms with Crippen LogP contribution in [0.3, 0.4) is 0 Å². The number of allylic oxidation sites excluding steroid dienone is 5. The summed E-state index contributed by atoms with van der Waals surface area (Å²) in [6.45, 7) is 7.47. The highest BCUT2D eigenvalue weighted by atomic mass is 19.4. The second kappa shape index (κ2) is 12.0. The molecule has 0 saturated carbocycles. The van der Waals surface area contributed by atoms with E-state index < -0.39 is 40.1 Å². The molecular weight excluding hydrogens is 634 g/mol. The van der Waals surface area contributed by atoms with Crippen LogP contribution in [-0.4, -0.2) is 34.3 Å². The van der Waals surface area contributed by atoms with Gasteiger partial charge < -0.3 is 10.0 Å². The molecule has 2 heterocycles. The Kier molecular flexibility index (Phi) is 8.62. The fourth-order valence-corrected chi connectivity index (χ4v) is 6.72. The maximum atomic E-state index is 13.7. The summed E-state index contributed by atoms with van der Waals surface area (Å²) >= 11 is 0. The number of nitrogens with zero attached hydrogens (tertiary/aromatic N) is 4. The van der Waals surface area contributed by atoms with Crippen LogP contribution in [0.1, 0.15) is 75.6 Å². The number of benzene rings is 2. The normalized spacial score (nSPS) is 19.8. The number of carbonyl (C=O) groups excluding carboxylic acids is 1. The Bertz CT molecular complexity index is 1910. The molecule has 2 aromatic carbocycles. The second-order valence-electron chi connectivity index (χ2n) is 13.1. The van der Waals surface area contributed by atoms with Crippen LogP contribution in [0.5, 0.6) is 0 Å². The minimum Gasteiger partial charge on any atom is -0.506 e. The number of Topliss-reactive ketones (excluding diaryl/α,β-unsaturated/α-hetero) is 1. The fourth-order valence-electron chi connectivity index (χ4n) is 6.72. The van der Waals surface area contributed by atoms with Gasteiger partial charge in [0.05, 0.1) is 39.8 Å². The van der Waals surface area contributed by atoms with Crippen molar-refractivity contribution in [2.45, 2.75) is 76.6 Å². The monoisotopic (exact) mass is 667 g/mol. The minimum atomic E-state index is -4.57. The standard InChI is InChI=1S/C36H32F6N4O2/c1-33(2)25-17-21(35(37,38)39)9-11-27(25)45(15-7-5-13-43)29(33)19-23-31(47)24(32(23)48)20-30-34(3,4)26-18-22(36(40,41)42)10-12-28(26)46(30)16-8-6-14-44/h9-12,17-20H,5-8,15-16H2,1-4H3/p+1. The van der Waals surface area contributed by atoms with E-state index in [0.717, 1.165) is 24.3 Å². The van der Waals surface area contributed by atoms with E-state index in [2.05, 4.69) is 12.1 Å². The Balaban J connectivity index is 1.59. The molecule has 0 radical (unpaired) electrons. The van der Waals surface area contributed by atoms with Crippen molar-refractivity contribution >= 4 is 22.9 Å². The van der Waals surface area contributed by atoms with Crippen LogP contribution in [0.15, 0.2) is 71.2 Å². The summed E-state index contributed by atoms with van der Waals surface area (Å²) < 4.78 is 83.6. The molecule has 3 aliphatic rings. The molecule has 0 spiro atoms. The van der Waals surface area contributed by atoms with Gasteiger partial charge in [0.2, 0.25) is 11.5 Å². The summed E-state index contributed by atoms with van der Waals surface area (Å²) in [5.41, 5.74) is -1.03. The van der Waals surface area contributed by atoms with Gasteiger partial charge in [0, 0.05) is 60.3 Å². The van der Waals surface area contributed by atoms with E-state index in [0.29, 0.717) is 46.8 Å². The van der Waals surface area contributed by atoms with E-state index in [4.69, 9.17) is 10.5 Å². The third-order valence-electron chi connectivity index (χ3n) is 9.34. The molecular formula is C36H33F6N4O2+. The van der Waals surface area contributed by atoms with E-state index >= 15 is 0 Å². The van der Waals surface area contributed by atoms with Crippen LogP contribution in [0, 0.1) is 22.7 Å². The molecule has 0 aromatic heterocycles. The highest BCUT2D eigenvalue weighted by Crippen LogP contribution is 2.51. The molecule has 1 aliphatic carbocycles. The number of ketones is 1. The van der Waals surface area contributed by atoms with Gasteiger partial charge in [0.1, 0.15) is 12.3 Å². The van der Waals surface area contributed by atoms with Crippen molar-refractivity contribution in [2.24, 2.45) is 0 Å². The number of unbranched alkanes of at least 4 members (excludes halogenated alkanes) is 2. The third kappa shape index (κ3) is 5.78. The number of hydrogen-bond donors (Lipinski definition) is 1. The zero-order valence-corrected chi connectivity index (χ0v) is 26.8. The lowest BCUT2D eigenvalue weighted by molar-refractivity contribution is -0.438. The Labute approximate surface area is 274 Å². The average molecular weight is 668 g/mol. The highest BCUT2D eigenvalue weighted by molar-refractivity contribution is 6.24. The zero-order valence-electron chi connectivity index (χ0n) is 26.8. The van der Waals surface area contributed by atoms with E-state index in [1.54, 1.807) is 37.2 Å². The number of rotatable bonds is 8. The Morgan fingerprint density at radius 1 is 0.854 bits per heavy atom. The number of fused-ring (bicyclic) bond motifs is 2. The lowest BCUT2D eigenvalue weighted by Crippen LogP contribution is -2.32. The number of hydrogen-bond acceptors (Lipinski definition) is 5. The van der Waals surface area contributed by atoms with Crippen molar-refractivity contribution in [1.29, 1.82) is 10.5 Å². The van der Waals surface area contributed by atoms with Crippen molar-refractivity contribution in [3.63, 3.8) is 0 Å². The second-order valence-corrected chi connectivity index (χ2v) is 13.1. The summed E-state index contributed by atoms with van der Waals surface area (Å²) in [7, 11) is 0. The van der Waals surface area contributed by atoms with E-state index in [9.17, 15) is 36.2 Å². The van der Waals surface area contributed by atoms with Gasteiger partial charge >= 0.3 is 12.4 Å².